The van der Waals surface area contributed by atoms with E-state index in [4.69, 9.17) is 9.02 Å². The van der Waals surface area contributed by atoms with Gasteiger partial charge in [0.15, 0.2) is 0 Å². The Labute approximate surface area is 237 Å². The molecule has 0 saturated carbocycles. The van der Waals surface area contributed by atoms with Crippen molar-refractivity contribution in [1.29, 1.82) is 5.26 Å². The summed E-state index contributed by atoms with van der Waals surface area (Å²) >= 11 is 1.19. The third-order valence-electron chi connectivity index (χ3n) is 7.11. The number of aryl methyl sites for hydroxylation is 1. The quantitative estimate of drug-likeness (QED) is 0.225. The second-order valence-electron chi connectivity index (χ2n) is 12.3. The summed E-state index contributed by atoms with van der Waals surface area (Å²) in [7, 11) is -4.12. The molecule has 2 aromatic rings. The van der Waals surface area contributed by atoms with Crippen molar-refractivity contribution in [3.05, 3.63) is 76.7 Å². The molecule has 0 spiro atoms. The molecular weight excluding hydrogens is 528 g/mol. The highest BCUT2D eigenvalue weighted by Gasteiger charge is 2.40. The number of oxime groups is 1. The van der Waals surface area contributed by atoms with Crippen molar-refractivity contribution in [3.8, 4) is 11.8 Å². The van der Waals surface area contributed by atoms with E-state index in [0.717, 1.165) is 17.5 Å². The molecule has 0 bridgehead atoms. The lowest BCUT2D eigenvalue weighted by Gasteiger charge is -2.45. The molecule has 39 heavy (non-hydrogen) atoms. The van der Waals surface area contributed by atoms with Gasteiger partial charge in [-0.25, -0.2) is 0 Å². The molecule has 1 aliphatic rings. The first-order chi connectivity index (χ1) is 18.0. The highest BCUT2D eigenvalue weighted by atomic mass is 32.2. The zero-order chi connectivity index (χ0) is 29.1. The number of allylic oxidation sites excluding steroid dienone is 2. The highest BCUT2D eigenvalue weighted by Crippen LogP contribution is 2.46. The fourth-order valence-corrected chi connectivity index (χ4v) is 6.08. The monoisotopic (exact) mass is 566 g/mol. The predicted octanol–water partition coefficient (Wildman–Crippen LogP) is 8.12. The topological polar surface area (TPSA) is 88.8 Å². The number of ether oxygens (including phenoxy) is 1. The lowest BCUT2D eigenvalue weighted by atomic mass is 9.62. The molecule has 1 heterocycles. The van der Waals surface area contributed by atoms with Gasteiger partial charge < -0.3 is 4.74 Å². The van der Waals surface area contributed by atoms with Crippen molar-refractivity contribution in [2.24, 2.45) is 21.4 Å². The van der Waals surface area contributed by atoms with E-state index < -0.39 is 10.1 Å². The van der Waals surface area contributed by atoms with Crippen LogP contribution in [0.25, 0.3) is 5.57 Å². The Kier molecular flexibility index (Phi) is 9.09. The molecule has 0 aliphatic carbocycles. The van der Waals surface area contributed by atoms with Crippen LogP contribution in [0.5, 0.6) is 5.75 Å². The summed E-state index contributed by atoms with van der Waals surface area (Å²) in [6, 6.07) is 16.0. The Morgan fingerprint density at radius 1 is 0.949 bits per heavy atom. The summed E-state index contributed by atoms with van der Waals surface area (Å²) in [5.74, 6) is 0.587. The maximum Gasteiger partial charge on any atom is 0.358 e. The molecule has 0 N–H and O–H groups in total. The first kappa shape index (κ1) is 30.5. The maximum atomic E-state index is 12.8. The van der Waals surface area contributed by atoms with E-state index in [1.165, 1.54) is 23.9 Å². The number of hydrogen-bond acceptors (Lipinski definition) is 7. The van der Waals surface area contributed by atoms with Crippen LogP contribution >= 0.6 is 11.8 Å². The van der Waals surface area contributed by atoms with E-state index in [-0.39, 0.29) is 21.1 Å². The van der Waals surface area contributed by atoms with Crippen molar-refractivity contribution in [1.82, 2.24) is 0 Å². The molecule has 0 unspecified atom stereocenters. The predicted molar refractivity (Wildman–Crippen MR) is 160 cm³/mol. The molecule has 6 nitrogen and oxygen atoms in total. The van der Waals surface area contributed by atoms with Gasteiger partial charge in [-0.2, -0.15) is 13.7 Å². The summed E-state index contributed by atoms with van der Waals surface area (Å²) in [4.78, 5) is 0.661. The zero-order valence-corrected chi connectivity index (χ0v) is 25.7. The summed E-state index contributed by atoms with van der Waals surface area (Å²) in [5.41, 5.74) is 2.44. The van der Waals surface area contributed by atoms with Crippen LogP contribution in [0.3, 0.4) is 0 Å². The van der Waals surface area contributed by atoms with Crippen LogP contribution in [0.2, 0.25) is 0 Å². The molecule has 0 atom stereocenters. The second kappa shape index (κ2) is 11.6. The molecule has 208 valence electrons. The van der Waals surface area contributed by atoms with Crippen molar-refractivity contribution < 1.29 is 17.4 Å². The van der Waals surface area contributed by atoms with Crippen LogP contribution in [-0.2, 0) is 14.4 Å². The summed E-state index contributed by atoms with van der Waals surface area (Å²) in [6.07, 6.45) is 4.41. The smallest absolute Gasteiger partial charge is 0.358 e. The summed E-state index contributed by atoms with van der Waals surface area (Å²) in [5, 5.41) is 13.9. The average Bonchev–Trinajstić information content (AvgIpc) is 3.31. The molecule has 0 radical (unpaired) electrons. The zero-order valence-electron chi connectivity index (χ0n) is 24.0. The van der Waals surface area contributed by atoms with Crippen LogP contribution in [0, 0.1) is 34.5 Å². The Hall–Kier alpha value is -3.02. The van der Waals surface area contributed by atoms with Gasteiger partial charge in [0.05, 0.1) is 12.2 Å². The van der Waals surface area contributed by atoms with Crippen LogP contribution in [0.4, 0.5) is 0 Å². The number of benzene rings is 2. The van der Waals surface area contributed by atoms with E-state index in [2.05, 4.69) is 59.7 Å². The molecule has 0 saturated heterocycles. The highest BCUT2D eigenvalue weighted by molar-refractivity contribution is 8.18. The number of rotatable bonds is 9. The second-order valence-corrected chi connectivity index (χ2v) is 14.9. The van der Waals surface area contributed by atoms with Crippen LogP contribution < -0.4 is 4.74 Å². The Balaban J connectivity index is 1.66. The van der Waals surface area contributed by atoms with E-state index in [0.29, 0.717) is 27.9 Å². The normalized spacial score (nSPS) is 16.7. The van der Waals surface area contributed by atoms with E-state index in [1.807, 2.05) is 31.2 Å². The van der Waals surface area contributed by atoms with E-state index >= 15 is 0 Å². The first-order valence-electron chi connectivity index (χ1n) is 12.9. The fourth-order valence-electron chi connectivity index (χ4n) is 4.47. The number of thioether (sulfide) groups is 1. The van der Waals surface area contributed by atoms with E-state index in [1.54, 1.807) is 24.3 Å². The summed E-state index contributed by atoms with van der Waals surface area (Å²) in [6.45, 7) is 18.1. The average molecular weight is 567 g/mol. The van der Waals surface area contributed by atoms with Crippen LogP contribution in [0.1, 0.15) is 66.0 Å². The van der Waals surface area contributed by atoms with Crippen molar-refractivity contribution in [3.63, 3.8) is 0 Å². The minimum absolute atomic E-state index is 0.0214. The fraction of sp³-hybridized carbons (Fsp3) is 0.419. The molecule has 8 heteroatoms. The van der Waals surface area contributed by atoms with Gasteiger partial charge in [-0.05, 0) is 71.7 Å². The van der Waals surface area contributed by atoms with Crippen molar-refractivity contribution >= 4 is 32.5 Å². The third kappa shape index (κ3) is 7.77. The molecule has 3 rings (SSSR count). The lowest BCUT2D eigenvalue weighted by molar-refractivity contribution is 0.0162. The molecule has 0 fully saturated rings. The number of hydrogen-bond donors (Lipinski definition) is 0. The van der Waals surface area contributed by atoms with Gasteiger partial charge in [0.2, 0.25) is 0 Å². The van der Waals surface area contributed by atoms with Gasteiger partial charge in [0.25, 0.3) is 0 Å². The molecule has 2 aromatic carbocycles. The van der Waals surface area contributed by atoms with Gasteiger partial charge in [0.1, 0.15) is 21.8 Å². The third-order valence-corrected chi connectivity index (χ3v) is 9.21. The Bertz CT molecular complexity index is 1440. The molecule has 0 amide bonds. The van der Waals surface area contributed by atoms with Gasteiger partial charge in [-0.15, -0.1) is 0 Å². The van der Waals surface area contributed by atoms with Gasteiger partial charge >= 0.3 is 10.1 Å². The largest absolute Gasteiger partial charge is 0.493 e. The van der Waals surface area contributed by atoms with Crippen molar-refractivity contribution in [2.75, 3.05) is 6.61 Å². The van der Waals surface area contributed by atoms with Crippen LogP contribution in [-0.4, -0.2) is 20.1 Å². The lowest BCUT2D eigenvalue weighted by Crippen LogP contribution is -2.40. The van der Waals surface area contributed by atoms with Gasteiger partial charge in [0, 0.05) is 10.3 Å². The first-order valence-corrected chi connectivity index (χ1v) is 15.1. The maximum absolute atomic E-state index is 12.8. The minimum Gasteiger partial charge on any atom is -0.493 e. The van der Waals surface area contributed by atoms with Gasteiger partial charge in [-0.1, -0.05) is 89.6 Å². The number of nitriles is 1. The van der Waals surface area contributed by atoms with Gasteiger partial charge in [-0.3, -0.25) is 4.28 Å². The molecular formula is C31H38N2O4S2. The molecule has 0 aromatic heterocycles. The van der Waals surface area contributed by atoms with Crippen LogP contribution in [0.15, 0.2) is 75.6 Å². The number of nitrogens with zero attached hydrogens (tertiary/aromatic N) is 2. The molecule has 1 aliphatic heterocycles. The van der Waals surface area contributed by atoms with Crippen molar-refractivity contribution in [2.45, 2.75) is 66.7 Å². The Morgan fingerprint density at radius 2 is 1.59 bits per heavy atom. The van der Waals surface area contributed by atoms with E-state index in [9.17, 15) is 13.7 Å². The minimum atomic E-state index is -4.12. The Morgan fingerprint density at radius 3 is 2.18 bits per heavy atom. The SMILES string of the molecule is Cc1ccccc1/C(C#N)=C1C=C/C(=N/OS(=O)(=O)c2ccc(OCC(C)(C)C(C)(C)CC(C)(C)C)cc2)S/1. The standard InChI is InChI=1S/C31H38N2O4S2/c1-22-11-9-10-12-25(22)26(19-32)27-17-18-28(38-27)33-37-39(34,35)24-15-13-23(14-16-24)36-21-31(7,8)30(5,6)20-29(2,3)4/h9-18H,20-21H2,1-8H3/b27-26-,33-28-. The summed E-state index contributed by atoms with van der Waals surface area (Å²) < 4.78 is 36.5.